The van der Waals surface area contributed by atoms with Crippen LogP contribution in [0.3, 0.4) is 0 Å². The SMILES string of the molecule is CCOC(=O)/C(C)=C/[C@H](C(C)C)N(C)C(=O)[C@@H](NC(=O)C(CC)(CC)CC(C)CC)C1CCCC1. The van der Waals surface area contributed by atoms with Crippen molar-refractivity contribution >= 4 is 17.8 Å². The Labute approximate surface area is 214 Å². The summed E-state index contributed by atoms with van der Waals surface area (Å²) in [7, 11) is 1.79. The van der Waals surface area contributed by atoms with Crippen LogP contribution in [0.5, 0.6) is 0 Å². The van der Waals surface area contributed by atoms with Crippen molar-refractivity contribution in [3.8, 4) is 0 Å². The summed E-state index contributed by atoms with van der Waals surface area (Å²) in [5, 5.41) is 3.26. The zero-order valence-electron chi connectivity index (χ0n) is 23.9. The molecule has 0 radical (unpaired) electrons. The van der Waals surface area contributed by atoms with Crippen molar-refractivity contribution in [3.05, 3.63) is 11.6 Å². The van der Waals surface area contributed by atoms with Gasteiger partial charge in [0.1, 0.15) is 6.04 Å². The second-order valence-corrected chi connectivity index (χ2v) is 11.0. The molecule has 202 valence electrons. The van der Waals surface area contributed by atoms with Crippen LogP contribution in [0.2, 0.25) is 0 Å². The number of rotatable bonds is 14. The van der Waals surface area contributed by atoms with Gasteiger partial charge in [0.05, 0.1) is 12.6 Å². The first-order valence-electron chi connectivity index (χ1n) is 13.9. The lowest BCUT2D eigenvalue weighted by Gasteiger charge is -2.38. The Hall–Kier alpha value is -1.85. The summed E-state index contributed by atoms with van der Waals surface area (Å²) in [5.41, 5.74) is 0.0411. The van der Waals surface area contributed by atoms with Crippen molar-refractivity contribution < 1.29 is 19.1 Å². The summed E-state index contributed by atoms with van der Waals surface area (Å²) in [6, 6.07) is -0.808. The van der Waals surface area contributed by atoms with Gasteiger partial charge in [-0.3, -0.25) is 9.59 Å². The molecule has 6 nitrogen and oxygen atoms in total. The molecular weight excluding hydrogens is 440 g/mol. The molecular formula is C29H52N2O4. The van der Waals surface area contributed by atoms with Gasteiger partial charge >= 0.3 is 5.97 Å². The van der Waals surface area contributed by atoms with Gasteiger partial charge in [-0.1, -0.05) is 66.9 Å². The normalized spacial score (nSPS) is 17.7. The highest BCUT2D eigenvalue weighted by atomic mass is 16.5. The molecule has 0 saturated heterocycles. The third kappa shape index (κ3) is 8.35. The van der Waals surface area contributed by atoms with Crippen LogP contribution >= 0.6 is 0 Å². The van der Waals surface area contributed by atoms with Gasteiger partial charge in [0.25, 0.3) is 0 Å². The molecule has 0 bridgehead atoms. The molecule has 1 aliphatic carbocycles. The molecule has 3 atom stereocenters. The Kier molecular flexibility index (Phi) is 13.0. The van der Waals surface area contributed by atoms with Gasteiger partial charge in [-0.15, -0.1) is 0 Å². The topological polar surface area (TPSA) is 75.7 Å². The van der Waals surface area contributed by atoms with Crippen LogP contribution in [0.1, 0.15) is 107 Å². The molecule has 0 heterocycles. The molecule has 0 aromatic rings. The van der Waals surface area contributed by atoms with Crippen molar-refractivity contribution in [3.63, 3.8) is 0 Å². The first kappa shape index (κ1) is 31.2. The van der Waals surface area contributed by atoms with Crippen LogP contribution in [-0.4, -0.2) is 48.4 Å². The Bertz CT molecular complexity index is 720. The maximum Gasteiger partial charge on any atom is 0.333 e. The van der Waals surface area contributed by atoms with E-state index < -0.39 is 11.5 Å². The highest BCUT2D eigenvalue weighted by molar-refractivity contribution is 5.91. The van der Waals surface area contributed by atoms with E-state index in [0.29, 0.717) is 18.1 Å². The molecule has 1 rings (SSSR count). The quantitative estimate of drug-likeness (QED) is 0.242. The van der Waals surface area contributed by atoms with E-state index in [9.17, 15) is 14.4 Å². The predicted octanol–water partition coefficient (Wildman–Crippen LogP) is 5.90. The highest BCUT2D eigenvalue weighted by Crippen LogP contribution is 2.37. The number of esters is 1. The fourth-order valence-electron chi connectivity index (χ4n) is 5.42. The van der Waals surface area contributed by atoms with Crippen molar-refractivity contribution in [1.29, 1.82) is 0 Å². The maximum atomic E-state index is 13.9. The van der Waals surface area contributed by atoms with Crippen molar-refractivity contribution in [2.75, 3.05) is 13.7 Å². The number of carbonyl (C=O) groups is 3. The van der Waals surface area contributed by atoms with Gasteiger partial charge in [-0.25, -0.2) is 4.79 Å². The van der Waals surface area contributed by atoms with Crippen LogP contribution < -0.4 is 5.32 Å². The van der Waals surface area contributed by atoms with Gasteiger partial charge in [0.15, 0.2) is 0 Å². The Morgan fingerprint density at radius 1 is 1.06 bits per heavy atom. The zero-order valence-corrected chi connectivity index (χ0v) is 23.9. The van der Waals surface area contributed by atoms with Gasteiger partial charge in [0, 0.05) is 18.0 Å². The summed E-state index contributed by atoms with van der Waals surface area (Å²) in [6.45, 7) is 16.4. The molecule has 1 fully saturated rings. The lowest BCUT2D eigenvalue weighted by molar-refractivity contribution is -0.142. The number of hydrogen-bond acceptors (Lipinski definition) is 4. The summed E-state index contributed by atoms with van der Waals surface area (Å²) in [4.78, 5) is 41.6. The zero-order chi connectivity index (χ0) is 26.8. The molecule has 6 heteroatoms. The van der Waals surface area contributed by atoms with Gasteiger partial charge in [-0.05, 0) is 63.7 Å². The molecule has 2 amide bonds. The highest BCUT2D eigenvalue weighted by Gasteiger charge is 2.41. The van der Waals surface area contributed by atoms with E-state index in [1.54, 1.807) is 25.8 Å². The molecule has 1 N–H and O–H groups in total. The van der Waals surface area contributed by atoms with E-state index in [2.05, 4.69) is 33.0 Å². The maximum absolute atomic E-state index is 13.9. The monoisotopic (exact) mass is 492 g/mol. The van der Waals surface area contributed by atoms with E-state index >= 15 is 0 Å². The Morgan fingerprint density at radius 2 is 1.63 bits per heavy atom. The number of likely N-dealkylation sites (N-methyl/N-ethyl adjacent to an activating group) is 1. The summed E-state index contributed by atoms with van der Waals surface area (Å²) in [5.74, 6) is 0.281. The minimum Gasteiger partial charge on any atom is -0.463 e. The fraction of sp³-hybridized carbons (Fsp3) is 0.828. The smallest absolute Gasteiger partial charge is 0.333 e. The molecule has 0 aliphatic heterocycles. The van der Waals surface area contributed by atoms with Crippen LogP contribution in [0.25, 0.3) is 0 Å². The number of nitrogens with zero attached hydrogens (tertiary/aromatic N) is 1. The first-order chi connectivity index (χ1) is 16.5. The van der Waals surface area contributed by atoms with E-state index in [4.69, 9.17) is 4.74 Å². The minimum atomic E-state index is -0.540. The lowest BCUT2D eigenvalue weighted by atomic mass is 9.73. The Balaban J connectivity index is 3.26. The van der Waals surface area contributed by atoms with Gasteiger partial charge in [0.2, 0.25) is 11.8 Å². The van der Waals surface area contributed by atoms with E-state index in [1.165, 1.54) is 0 Å². The third-order valence-electron chi connectivity index (χ3n) is 8.19. The molecule has 1 aliphatic rings. The molecule has 1 saturated carbocycles. The standard InChI is InChI=1S/C29H52N2O4/c1-10-21(7)19-29(11-2,12-3)28(34)30-25(23-16-14-15-17-23)26(32)31(9)24(20(5)6)18-22(8)27(33)35-13-4/h18,20-21,23-25H,10-17,19H2,1-9H3,(H,30,34)/b22-18+/t21?,24-,25+/m1/s1. The molecule has 0 aromatic heterocycles. The minimum absolute atomic E-state index is 0.0146. The number of nitrogens with one attached hydrogen (secondary N) is 1. The number of hydrogen-bond donors (Lipinski definition) is 1. The summed E-state index contributed by atoms with van der Waals surface area (Å²) >= 11 is 0. The third-order valence-corrected chi connectivity index (χ3v) is 8.19. The molecule has 0 spiro atoms. The summed E-state index contributed by atoms with van der Waals surface area (Å²) < 4.78 is 5.14. The average molecular weight is 493 g/mol. The fourth-order valence-corrected chi connectivity index (χ4v) is 5.42. The van der Waals surface area contributed by atoms with Gasteiger partial charge in [-0.2, -0.15) is 0 Å². The second-order valence-electron chi connectivity index (χ2n) is 11.0. The van der Waals surface area contributed by atoms with Crippen LogP contribution in [0.15, 0.2) is 11.6 Å². The largest absolute Gasteiger partial charge is 0.463 e. The first-order valence-corrected chi connectivity index (χ1v) is 13.9. The number of amides is 2. The number of carbonyl (C=O) groups excluding carboxylic acids is 3. The van der Waals surface area contributed by atoms with Crippen LogP contribution in [-0.2, 0) is 19.1 Å². The molecule has 35 heavy (non-hydrogen) atoms. The van der Waals surface area contributed by atoms with Crippen molar-refractivity contribution in [2.45, 2.75) is 119 Å². The average Bonchev–Trinajstić information content (AvgIpc) is 3.37. The van der Waals surface area contributed by atoms with E-state index in [1.807, 2.05) is 19.9 Å². The molecule has 0 aromatic carbocycles. The van der Waals surface area contributed by atoms with E-state index in [-0.39, 0.29) is 35.7 Å². The second kappa shape index (κ2) is 14.6. The lowest BCUT2D eigenvalue weighted by Crippen LogP contribution is -2.56. The van der Waals surface area contributed by atoms with Crippen LogP contribution in [0.4, 0.5) is 0 Å². The van der Waals surface area contributed by atoms with Crippen molar-refractivity contribution in [2.24, 2.45) is 23.2 Å². The van der Waals surface area contributed by atoms with Gasteiger partial charge < -0.3 is 15.0 Å². The predicted molar refractivity (Wildman–Crippen MR) is 143 cm³/mol. The van der Waals surface area contributed by atoms with Crippen LogP contribution in [0, 0.1) is 23.2 Å². The summed E-state index contributed by atoms with van der Waals surface area (Å²) in [6.07, 6.45) is 9.29. The molecule has 1 unspecified atom stereocenters. The van der Waals surface area contributed by atoms with Crippen molar-refractivity contribution in [1.82, 2.24) is 10.2 Å². The van der Waals surface area contributed by atoms with E-state index in [0.717, 1.165) is 51.4 Å². The Morgan fingerprint density at radius 3 is 2.09 bits per heavy atom. The number of ether oxygens (including phenoxy) is 1.